The summed E-state index contributed by atoms with van der Waals surface area (Å²) in [6, 6.07) is 10.4. The van der Waals surface area contributed by atoms with E-state index in [1.807, 2.05) is 18.2 Å². The molecule has 1 aromatic carbocycles. The van der Waals surface area contributed by atoms with E-state index in [1.54, 1.807) is 0 Å². The zero-order valence-electron chi connectivity index (χ0n) is 10.3. The van der Waals surface area contributed by atoms with Crippen LogP contribution >= 0.6 is 0 Å². The monoisotopic (exact) mass is 256 g/mol. The second kappa shape index (κ2) is 6.74. The fraction of sp³-hybridized carbons (Fsp3) is 0.500. The smallest absolute Gasteiger partial charge is 0.212 e. The van der Waals surface area contributed by atoms with Gasteiger partial charge in [0.15, 0.2) is 0 Å². The summed E-state index contributed by atoms with van der Waals surface area (Å²) in [5.41, 5.74) is 1.25. The molecule has 0 heterocycles. The molecule has 17 heavy (non-hydrogen) atoms. The predicted octanol–water partition coefficient (Wildman–Crippen LogP) is 0.756. The van der Waals surface area contributed by atoms with Gasteiger partial charge < -0.3 is 5.32 Å². The number of sulfonamides is 1. The molecule has 0 bridgehead atoms. The third-order valence-electron chi connectivity index (χ3n) is 2.56. The van der Waals surface area contributed by atoms with Crippen LogP contribution in [0.1, 0.15) is 12.5 Å². The van der Waals surface area contributed by atoms with Crippen molar-refractivity contribution in [1.82, 2.24) is 10.0 Å². The van der Waals surface area contributed by atoms with E-state index in [2.05, 4.69) is 29.1 Å². The van der Waals surface area contributed by atoms with Crippen LogP contribution in [0.2, 0.25) is 0 Å². The highest BCUT2D eigenvalue weighted by Gasteiger charge is 2.08. The molecule has 5 heteroatoms. The van der Waals surface area contributed by atoms with Crippen LogP contribution in [0.3, 0.4) is 0 Å². The van der Waals surface area contributed by atoms with E-state index >= 15 is 0 Å². The van der Waals surface area contributed by atoms with Gasteiger partial charge in [0.2, 0.25) is 10.0 Å². The summed E-state index contributed by atoms with van der Waals surface area (Å²) in [6.45, 7) is 2.52. The standard InChI is InChI=1S/C12H20N2O2S/c1-11(10-12-6-4-3-5-7-12)14-8-9-17(15,16)13-2/h3-7,11,13-14H,8-10H2,1-2H3. The lowest BCUT2D eigenvalue weighted by Gasteiger charge is -2.13. The Hall–Kier alpha value is -0.910. The minimum atomic E-state index is -3.10. The van der Waals surface area contributed by atoms with Crippen LogP contribution in [0.4, 0.5) is 0 Å². The maximum Gasteiger partial charge on any atom is 0.212 e. The van der Waals surface area contributed by atoms with Crippen molar-refractivity contribution in [3.8, 4) is 0 Å². The number of hydrogen-bond acceptors (Lipinski definition) is 3. The van der Waals surface area contributed by atoms with Crippen molar-refractivity contribution in [2.75, 3.05) is 19.3 Å². The van der Waals surface area contributed by atoms with Crippen molar-refractivity contribution in [3.63, 3.8) is 0 Å². The molecule has 0 aliphatic carbocycles. The van der Waals surface area contributed by atoms with E-state index in [1.165, 1.54) is 12.6 Å². The number of rotatable bonds is 7. The Morgan fingerprint density at radius 2 is 1.88 bits per heavy atom. The molecule has 0 aliphatic rings. The first-order valence-corrected chi connectivity index (χ1v) is 7.37. The van der Waals surface area contributed by atoms with Gasteiger partial charge in [-0.15, -0.1) is 0 Å². The summed E-state index contributed by atoms with van der Waals surface area (Å²) in [6.07, 6.45) is 0.903. The van der Waals surface area contributed by atoms with Crippen molar-refractivity contribution < 1.29 is 8.42 Å². The SMILES string of the molecule is CNS(=O)(=O)CCNC(C)Cc1ccccc1. The van der Waals surface area contributed by atoms with Crippen LogP contribution in [0.25, 0.3) is 0 Å². The van der Waals surface area contributed by atoms with Gasteiger partial charge in [-0.3, -0.25) is 0 Å². The summed E-state index contributed by atoms with van der Waals surface area (Å²) in [5.74, 6) is 0.114. The Balaban J connectivity index is 2.29. The van der Waals surface area contributed by atoms with Crippen LogP contribution in [-0.4, -0.2) is 33.8 Å². The van der Waals surface area contributed by atoms with Gasteiger partial charge in [0, 0.05) is 12.6 Å². The predicted molar refractivity (Wildman–Crippen MR) is 70.5 cm³/mol. The van der Waals surface area contributed by atoms with Crippen LogP contribution in [0, 0.1) is 0 Å². The summed E-state index contributed by atoms with van der Waals surface area (Å²) >= 11 is 0. The van der Waals surface area contributed by atoms with Gasteiger partial charge in [-0.1, -0.05) is 30.3 Å². The molecule has 1 aromatic rings. The Kier molecular flexibility index (Phi) is 5.61. The van der Waals surface area contributed by atoms with Gasteiger partial charge in [-0.2, -0.15) is 0 Å². The fourth-order valence-electron chi connectivity index (χ4n) is 1.58. The van der Waals surface area contributed by atoms with E-state index in [4.69, 9.17) is 0 Å². The van der Waals surface area contributed by atoms with Gasteiger partial charge in [-0.25, -0.2) is 13.1 Å². The molecular weight excluding hydrogens is 236 g/mol. The molecule has 4 nitrogen and oxygen atoms in total. The van der Waals surface area contributed by atoms with Crippen molar-refractivity contribution in [3.05, 3.63) is 35.9 Å². The maximum absolute atomic E-state index is 11.2. The molecule has 1 rings (SSSR count). The van der Waals surface area contributed by atoms with E-state index in [0.29, 0.717) is 6.54 Å². The second-order valence-corrected chi connectivity index (χ2v) is 6.11. The first-order chi connectivity index (χ1) is 8.03. The average Bonchev–Trinajstić information content (AvgIpc) is 2.30. The minimum Gasteiger partial charge on any atom is -0.313 e. The van der Waals surface area contributed by atoms with Crippen molar-refractivity contribution in [2.24, 2.45) is 0 Å². The molecule has 1 atom stereocenters. The third-order valence-corrected chi connectivity index (χ3v) is 3.92. The quantitative estimate of drug-likeness (QED) is 0.757. The second-order valence-electron chi connectivity index (χ2n) is 4.07. The molecule has 0 spiro atoms. The molecule has 0 radical (unpaired) electrons. The van der Waals surface area contributed by atoms with Crippen molar-refractivity contribution in [1.29, 1.82) is 0 Å². The summed E-state index contributed by atoms with van der Waals surface area (Å²) in [7, 11) is -1.67. The zero-order valence-corrected chi connectivity index (χ0v) is 11.1. The molecule has 0 aromatic heterocycles. The van der Waals surface area contributed by atoms with Crippen LogP contribution in [0.15, 0.2) is 30.3 Å². The molecule has 0 saturated carbocycles. The molecule has 2 N–H and O–H groups in total. The topological polar surface area (TPSA) is 58.2 Å². The number of hydrogen-bond donors (Lipinski definition) is 2. The molecule has 0 saturated heterocycles. The van der Waals surface area contributed by atoms with E-state index < -0.39 is 10.0 Å². The summed E-state index contributed by atoms with van der Waals surface area (Å²) in [4.78, 5) is 0. The Morgan fingerprint density at radius 1 is 1.24 bits per heavy atom. The van der Waals surface area contributed by atoms with Gasteiger partial charge in [0.1, 0.15) is 0 Å². The number of benzene rings is 1. The van der Waals surface area contributed by atoms with Gasteiger partial charge in [0.05, 0.1) is 5.75 Å². The first-order valence-electron chi connectivity index (χ1n) is 5.72. The largest absolute Gasteiger partial charge is 0.313 e. The lowest BCUT2D eigenvalue weighted by molar-refractivity contribution is 0.551. The molecule has 1 unspecified atom stereocenters. The van der Waals surface area contributed by atoms with Gasteiger partial charge in [0.25, 0.3) is 0 Å². The highest BCUT2D eigenvalue weighted by Crippen LogP contribution is 2.02. The highest BCUT2D eigenvalue weighted by atomic mass is 32.2. The Morgan fingerprint density at radius 3 is 2.47 bits per heavy atom. The van der Waals surface area contributed by atoms with Crippen molar-refractivity contribution in [2.45, 2.75) is 19.4 Å². The zero-order chi connectivity index (χ0) is 12.7. The molecule has 96 valence electrons. The van der Waals surface area contributed by atoms with Crippen LogP contribution in [0.5, 0.6) is 0 Å². The molecule has 0 aliphatic heterocycles. The fourth-order valence-corrected chi connectivity index (χ4v) is 2.17. The van der Waals surface area contributed by atoms with E-state index in [-0.39, 0.29) is 11.8 Å². The summed E-state index contributed by atoms with van der Waals surface area (Å²) in [5, 5.41) is 3.20. The molecule has 0 fully saturated rings. The molecule has 0 amide bonds. The lowest BCUT2D eigenvalue weighted by atomic mass is 10.1. The maximum atomic E-state index is 11.2. The van der Waals surface area contributed by atoms with Crippen LogP contribution < -0.4 is 10.0 Å². The van der Waals surface area contributed by atoms with Gasteiger partial charge in [-0.05, 0) is 26.0 Å². The van der Waals surface area contributed by atoms with Crippen LogP contribution in [-0.2, 0) is 16.4 Å². The number of nitrogens with one attached hydrogen (secondary N) is 2. The highest BCUT2D eigenvalue weighted by molar-refractivity contribution is 7.89. The van der Waals surface area contributed by atoms with E-state index in [0.717, 1.165) is 6.42 Å². The Labute approximate surface area is 103 Å². The minimum absolute atomic E-state index is 0.114. The first kappa shape index (κ1) is 14.2. The normalized spacial score (nSPS) is 13.5. The third kappa shape index (κ3) is 5.81. The molecular formula is C12H20N2O2S. The van der Waals surface area contributed by atoms with Gasteiger partial charge >= 0.3 is 0 Å². The van der Waals surface area contributed by atoms with E-state index in [9.17, 15) is 8.42 Å². The Bertz CT molecular complexity index is 417. The summed E-state index contributed by atoms with van der Waals surface area (Å²) < 4.78 is 24.7. The lowest BCUT2D eigenvalue weighted by Crippen LogP contribution is -2.35. The van der Waals surface area contributed by atoms with Crippen molar-refractivity contribution >= 4 is 10.0 Å². The average molecular weight is 256 g/mol.